The van der Waals surface area contributed by atoms with Crippen LogP contribution >= 0.6 is 0 Å². The van der Waals surface area contributed by atoms with Crippen molar-refractivity contribution in [3.8, 4) is 6.07 Å². The van der Waals surface area contributed by atoms with Gasteiger partial charge in [-0.05, 0) is 18.2 Å². The van der Waals surface area contributed by atoms with E-state index in [4.69, 9.17) is 5.26 Å². The molecule has 0 saturated heterocycles. The zero-order valence-electron chi connectivity index (χ0n) is 5.36. The SMILES string of the molecule is N#C[C@@H]1C=Cn2cccc21. The number of aromatic nitrogens is 1. The number of allylic oxidation sites excluding steroid dienone is 1. The topological polar surface area (TPSA) is 28.7 Å². The van der Waals surface area contributed by atoms with Crippen molar-refractivity contribution in [3.63, 3.8) is 0 Å². The summed E-state index contributed by atoms with van der Waals surface area (Å²) in [4.78, 5) is 0. The molecule has 0 N–H and O–H groups in total. The fourth-order valence-electron chi connectivity index (χ4n) is 1.19. The summed E-state index contributed by atoms with van der Waals surface area (Å²) in [5.74, 6) is -0.0324. The summed E-state index contributed by atoms with van der Waals surface area (Å²) >= 11 is 0. The van der Waals surface area contributed by atoms with Gasteiger partial charge in [0.05, 0.1) is 6.07 Å². The van der Waals surface area contributed by atoms with Crippen molar-refractivity contribution in [1.29, 1.82) is 5.26 Å². The van der Waals surface area contributed by atoms with Crippen LogP contribution in [0.5, 0.6) is 0 Å². The van der Waals surface area contributed by atoms with Gasteiger partial charge in [-0.25, -0.2) is 0 Å². The van der Waals surface area contributed by atoms with Crippen LogP contribution in [0.2, 0.25) is 0 Å². The van der Waals surface area contributed by atoms with Gasteiger partial charge in [-0.3, -0.25) is 0 Å². The first kappa shape index (κ1) is 5.31. The van der Waals surface area contributed by atoms with Crippen LogP contribution in [0.15, 0.2) is 24.4 Å². The molecule has 2 rings (SSSR count). The van der Waals surface area contributed by atoms with Gasteiger partial charge in [-0.2, -0.15) is 5.26 Å². The minimum atomic E-state index is -0.0324. The maximum atomic E-state index is 8.62. The Morgan fingerprint density at radius 1 is 1.60 bits per heavy atom. The highest BCUT2D eigenvalue weighted by Crippen LogP contribution is 2.23. The van der Waals surface area contributed by atoms with Gasteiger partial charge in [0.25, 0.3) is 0 Å². The summed E-state index contributed by atoms with van der Waals surface area (Å²) in [5, 5.41) is 8.62. The summed E-state index contributed by atoms with van der Waals surface area (Å²) < 4.78 is 1.97. The average molecular weight is 130 g/mol. The molecule has 0 unspecified atom stereocenters. The van der Waals surface area contributed by atoms with E-state index in [1.165, 1.54) is 0 Å². The third-order valence-electron chi connectivity index (χ3n) is 1.71. The Kier molecular flexibility index (Phi) is 0.925. The number of rotatable bonds is 0. The standard InChI is InChI=1S/C8H6N2/c9-6-7-3-5-10-4-1-2-8(7)10/h1-5,7H/t7-/m0/s1. The Balaban J connectivity index is 2.55. The van der Waals surface area contributed by atoms with Gasteiger partial charge in [0.1, 0.15) is 5.92 Å². The van der Waals surface area contributed by atoms with Crippen LogP contribution < -0.4 is 0 Å². The molecule has 0 radical (unpaired) electrons. The average Bonchev–Trinajstić information content (AvgIpc) is 2.44. The Bertz CT molecular complexity index is 314. The minimum Gasteiger partial charge on any atom is -0.326 e. The summed E-state index contributed by atoms with van der Waals surface area (Å²) in [6, 6.07) is 6.11. The number of nitrogens with zero attached hydrogens (tertiary/aromatic N) is 2. The normalized spacial score (nSPS) is 20.5. The molecule has 2 nitrogen and oxygen atoms in total. The van der Waals surface area contributed by atoms with Crippen molar-refractivity contribution < 1.29 is 0 Å². The third kappa shape index (κ3) is 0.519. The highest BCUT2D eigenvalue weighted by Gasteiger charge is 2.14. The van der Waals surface area contributed by atoms with Crippen LogP contribution in [0.1, 0.15) is 11.6 Å². The number of fused-ring (bicyclic) bond motifs is 1. The number of hydrogen-bond donors (Lipinski definition) is 0. The number of hydrogen-bond acceptors (Lipinski definition) is 1. The quantitative estimate of drug-likeness (QED) is 0.524. The fourth-order valence-corrected chi connectivity index (χ4v) is 1.19. The highest BCUT2D eigenvalue weighted by molar-refractivity contribution is 5.44. The van der Waals surface area contributed by atoms with Crippen molar-refractivity contribution in [3.05, 3.63) is 30.1 Å². The van der Waals surface area contributed by atoms with Crippen LogP contribution in [-0.4, -0.2) is 4.57 Å². The first-order chi connectivity index (χ1) is 4.92. The van der Waals surface area contributed by atoms with Gasteiger partial charge in [-0.1, -0.05) is 0 Å². The van der Waals surface area contributed by atoms with Gasteiger partial charge in [0.2, 0.25) is 0 Å². The lowest BCUT2D eigenvalue weighted by Gasteiger charge is -1.94. The first-order valence-electron chi connectivity index (χ1n) is 3.16. The summed E-state index contributed by atoms with van der Waals surface area (Å²) in [6.45, 7) is 0. The van der Waals surface area contributed by atoms with E-state index >= 15 is 0 Å². The first-order valence-corrected chi connectivity index (χ1v) is 3.16. The van der Waals surface area contributed by atoms with Crippen LogP contribution in [-0.2, 0) is 0 Å². The molecule has 10 heavy (non-hydrogen) atoms. The maximum Gasteiger partial charge on any atom is 0.106 e. The molecule has 1 atom stereocenters. The van der Waals surface area contributed by atoms with Gasteiger partial charge in [0.15, 0.2) is 0 Å². The molecule has 0 saturated carbocycles. The van der Waals surface area contributed by atoms with E-state index in [2.05, 4.69) is 6.07 Å². The van der Waals surface area contributed by atoms with Gasteiger partial charge in [0, 0.05) is 18.1 Å². The summed E-state index contributed by atoms with van der Waals surface area (Å²) in [7, 11) is 0. The second-order valence-corrected chi connectivity index (χ2v) is 2.29. The predicted molar refractivity (Wildman–Crippen MR) is 38.1 cm³/mol. The molecule has 0 fully saturated rings. The molecule has 2 heterocycles. The molecule has 1 aliphatic rings. The molecular formula is C8H6N2. The molecule has 48 valence electrons. The summed E-state index contributed by atoms with van der Waals surface area (Å²) in [5.41, 5.74) is 1.07. The lowest BCUT2D eigenvalue weighted by Crippen LogP contribution is -1.89. The van der Waals surface area contributed by atoms with E-state index in [0.29, 0.717) is 0 Å². The van der Waals surface area contributed by atoms with Crippen molar-refractivity contribution >= 4 is 6.20 Å². The monoisotopic (exact) mass is 130 g/mol. The Hall–Kier alpha value is -1.49. The molecule has 1 aromatic heterocycles. The minimum absolute atomic E-state index is 0.0324. The molecule has 0 amide bonds. The molecule has 0 aliphatic carbocycles. The smallest absolute Gasteiger partial charge is 0.106 e. The van der Waals surface area contributed by atoms with Gasteiger partial charge >= 0.3 is 0 Å². The third-order valence-corrected chi connectivity index (χ3v) is 1.71. The molecule has 0 spiro atoms. The zero-order chi connectivity index (χ0) is 6.97. The highest BCUT2D eigenvalue weighted by atomic mass is 15.0. The zero-order valence-corrected chi connectivity index (χ0v) is 5.36. The van der Waals surface area contributed by atoms with E-state index in [9.17, 15) is 0 Å². The predicted octanol–water partition coefficient (Wildman–Crippen LogP) is 1.58. The molecular weight excluding hydrogens is 124 g/mol. The Labute approximate surface area is 59.0 Å². The van der Waals surface area contributed by atoms with E-state index in [0.717, 1.165) is 5.69 Å². The van der Waals surface area contributed by atoms with E-state index in [1.807, 2.05) is 35.2 Å². The molecule has 0 bridgehead atoms. The van der Waals surface area contributed by atoms with Crippen molar-refractivity contribution in [2.24, 2.45) is 0 Å². The summed E-state index contributed by atoms with van der Waals surface area (Å²) in [6.07, 6.45) is 5.77. The lowest BCUT2D eigenvalue weighted by molar-refractivity contribution is 1.01. The second kappa shape index (κ2) is 1.74. The van der Waals surface area contributed by atoms with Gasteiger partial charge < -0.3 is 4.57 Å². The van der Waals surface area contributed by atoms with Crippen LogP contribution in [0, 0.1) is 11.3 Å². The molecule has 1 aliphatic heterocycles. The van der Waals surface area contributed by atoms with Crippen molar-refractivity contribution in [1.82, 2.24) is 4.57 Å². The van der Waals surface area contributed by atoms with Crippen LogP contribution in [0.3, 0.4) is 0 Å². The molecule has 0 aromatic carbocycles. The molecule has 1 aromatic rings. The Morgan fingerprint density at radius 2 is 2.50 bits per heavy atom. The van der Waals surface area contributed by atoms with Gasteiger partial charge in [-0.15, -0.1) is 0 Å². The maximum absolute atomic E-state index is 8.62. The fraction of sp³-hybridized carbons (Fsp3) is 0.125. The largest absolute Gasteiger partial charge is 0.326 e. The molecule has 2 heteroatoms. The Morgan fingerprint density at radius 3 is 3.30 bits per heavy atom. The van der Waals surface area contributed by atoms with Crippen LogP contribution in [0.25, 0.3) is 6.20 Å². The van der Waals surface area contributed by atoms with Crippen molar-refractivity contribution in [2.45, 2.75) is 5.92 Å². The van der Waals surface area contributed by atoms with Crippen LogP contribution in [0.4, 0.5) is 0 Å². The van der Waals surface area contributed by atoms with E-state index < -0.39 is 0 Å². The van der Waals surface area contributed by atoms with E-state index in [-0.39, 0.29) is 5.92 Å². The lowest BCUT2D eigenvalue weighted by atomic mass is 10.1. The van der Waals surface area contributed by atoms with E-state index in [1.54, 1.807) is 0 Å². The van der Waals surface area contributed by atoms with Crippen molar-refractivity contribution in [2.75, 3.05) is 0 Å². The second-order valence-electron chi connectivity index (χ2n) is 2.29. The number of nitriles is 1.